The number of hydrogen-bond acceptors (Lipinski definition) is 5. The van der Waals surface area contributed by atoms with Crippen molar-refractivity contribution in [2.45, 2.75) is 63.6 Å². The van der Waals surface area contributed by atoms with Crippen LogP contribution in [-0.4, -0.2) is 37.0 Å². The summed E-state index contributed by atoms with van der Waals surface area (Å²) < 4.78 is 78.2. The number of nitrogens with one attached hydrogen (secondary N) is 1. The average molecular weight is 448 g/mol. The van der Waals surface area contributed by atoms with Gasteiger partial charge in [-0.1, -0.05) is 6.92 Å². The van der Waals surface area contributed by atoms with Gasteiger partial charge in [0.05, 0.1) is 11.8 Å². The molecular formula is C20H25F3NO5S-. The van der Waals surface area contributed by atoms with Crippen LogP contribution in [0, 0.1) is 17.3 Å². The number of alkyl halides is 3. The molecule has 0 amide bonds. The largest absolute Gasteiger partial charge is 0.731 e. The van der Waals surface area contributed by atoms with E-state index in [2.05, 4.69) is 6.92 Å². The van der Waals surface area contributed by atoms with E-state index < -0.39 is 23.1 Å². The van der Waals surface area contributed by atoms with Gasteiger partial charge in [-0.3, -0.25) is 4.72 Å². The quantitative estimate of drug-likeness (QED) is 0.684. The molecule has 6 nitrogen and oxygen atoms in total. The predicted octanol–water partition coefficient (Wildman–Crippen LogP) is 3.72. The molecule has 2 fully saturated rings. The van der Waals surface area contributed by atoms with Crippen LogP contribution >= 0.6 is 0 Å². The van der Waals surface area contributed by atoms with Crippen LogP contribution in [0.15, 0.2) is 12.1 Å². The lowest BCUT2D eigenvalue weighted by molar-refractivity contribution is -0.153. The van der Waals surface area contributed by atoms with E-state index in [0.29, 0.717) is 18.3 Å². The lowest BCUT2D eigenvalue weighted by atomic mass is 9.55. The maximum Gasteiger partial charge on any atom is 0.422 e. The van der Waals surface area contributed by atoms with Gasteiger partial charge in [0, 0.05) is 0 Å². The number of benzene rings is 1. The number of ether oxygens (including phenoxy) is 1. The Balaban J connectivity index is 1.70. The van der Waals surface area contributed by atoms with Gasteiger partial charge in [0.15, 0.2) is 16.9 Å². The van der Waals surface area contributed by atoms with E-state index in [1.165, 1.54) is 12.1 Å². The number of fused-ring (bicyclic) bond motifs is 5. The van der Waals surface area contributed by atoms with E-state index >= 15 is 0 Å². The second-order valence-electron chi connectivity index (χ2n) is 9.06. The molecule has 2 saturated carbocycles. The molecule has 1 aromatic rings. The summed E-state index contributed by atoms with van der Waals surface area (Å²) in [7, 11) is -4.92. The zero-order chi connectivity index (χ0) is 21.9. The Bertz CT molecular complexity index is 935. The van der Waals surface area contributed by atoms with Gasteiger partial charge in [-0.25, -0.2) is 8.42 Å². The normalized spacial score (nSPS) is 33.4. The first-order valence-corrected chi connectivity index (χ1v) is 11.6. The van der Waals surface area contributed by atoms with E-state index in [9.17, 15) is 31.2 Å². The summed E-state index contributed by atoms with van der Waals surface area (Å²) in [4.78, 5) is 0. The van der Waals surface area contributed by atoms with Crippen molar-refractivity contribution in [2.24, 2.45) is 17.3 Å². The van der Waals surface area contributed by atoms with Crippen LogP contribution in [0.2, 0.25) is 0 Å². The fraction of sp³-hybridized carbons (Fsp3) is 0.700. The zero-order valence-electron chi connectivity index (χ0n) is 16.5. The van der Waals surface area contributed by atoms with Crippen molar-refractivity contribution in [3.05, 3.63) is 23.3 Å². The summed E-state index contributed by atoms with van der Waals surface area (Å²) in [6.07, 6.45) is -0.118. The van der Waals surface area contributed by atoms with Crippen LogP contribution in [0.25, 0.3) is 0 Å². The zero-order valence-corrected chi connectivity index (χ0v) is 17.4. The van der Waals surface area contributed by atoms with Crippen LogP contribution < -0.4 is 9.46 Å². The summed E-state index contributed by atoms with van der Waals surface area (Å²) in [6, 6.07) is 2.91. The third-order valence-corrected chi connectivity index (χ3v) is 7.87. The van der Waals surface area contributed by atoms with Crippen molar-refractivity contribution in [1.82, 2.24) is 0 Å². The molecule has 3 aliphatic carbocycles. The molecule has 30 heavy (non-hydrogen) atoms. The Morgan fingerprint density at radius 2 is 2.00 bits per heavy atom. The maximum absolute atomic E-state index is 12.7. The Kier molecular flexibility index (Phi) is 5.26. The van der Waals surface area contributed by atoms with Crippen molar-refractivity contribution >= 4 is 16.0 Å². The minimum absolute atomic E-state index is 0.114. The van der Waals surface area contributed by atoms with Gasteiger partial charge >= 0.3 is 6.18 Å². The third kappa shape index (κ3) is 4.01. The first-order chi connectivity index (χ1) is 13.9. The Morgan fingerprint density at radius 3 is 2.67 bits per heavy atom. The molecule has 168 valence electrons. The topological polar surface area (TPSA) is 98.7 Å². The van der Waals surface area contributed by atoms with Gasteiger partial charge < -0.3 is 14.4 Å². The van der Waals surface area contributed by atoms with Gasteiger partial charge in [-0.2, -0.15) is 13.2 Å². The third-order valence-electron chi connectivity index (χ3n) is 7.40. The van der Waals surface area contributed by atoms with Gasteiger partial charge in [-0.15, -0.1) is 0 Å². The van der Waals surface area contributed by atoms with Gasteiger partial charge in [0.1, 0.15) is 5.75 Å². The van der Waals surface area contributed by atoms with E-state index in [4.69, 9.17) is 4.74 Å². The van der Waals surface area contributed by atoms with Crippen molar-refractivity contribution in [3.8, 4) is 5.75 Å². The van der Waals surface area contributed by atoms with Crippen LogP contribution in [0.5, 0.6) is 5.75 Å². The molecular weight excluding hydrogens is 423 g/mol. The average Bonchev–Trinajstić information content (AvgIpc) is 2.93. The molecule has 0 saturated heterocycles. The first kappa shape index (κ1) is 21.7. The molecule has 3 aliphatic rings. The fourth-order valence-electron chi connectivity index (χ4n) is 6.07. The molecule has 10 heteroatoms. The highest BCUT2D eigenvalue weighted by molar-refractivity contribution is 7.87. The lowest BCUT2D eigenvalue weighted by Crippen LogP contribution is -2.43. The monoisotopic (exact) mass is 448 g/mol. The van der Waals surface area contributed by atoms with Crippen LogP contribution in [0.4, 0.5) is 18.9 Å². The van der Waals surface area contributed by atoms with Gasteiger partial charge in [-0.05, 0) is 85.0 Å². The molecule has 0 unspecified atom stereocenters. The fourth-order valence-corrected chi connectivity index (χ4v) is 6.50. The summed E-state index contributed by atoms with van der Waals surface area (Å²) >= 11 is 0. The minimum Gasteiger partial charge on any atom is -0.731 e. The SMILES string of the molecule is C[C@]12CC[C@@H]3c4cc(OCC(F)(F)F)c(NS(=O)(=O)[O-])cc4CC[C@H]3[C@@H]1CC[C@@H]2O. The van der Waals surface area contributed by atoms with Crippen LogP contribution in [-0.2, 0) is 16.7 Å². The molecule has 0 spiro atoms. The Hall–Kier alpha value is -1.52. The molecule has 1 aromatic carbocycles. The molecule has 0 bridgehead atoms. The Morgan fingerprint density at radius 1 is 1.27 bits per heavy atom. The highest BCUT2D eigenvalue weighted by atomic mass is 32.2. The highest BCUT2D eigenvalue weighted by Crippen LogP contribution is 2.61. The number of hydrogen-bond donors (Lipinski definition) is 2. The maximum atomic E-state index is 12.7. The minimum atomic E-state index is -4.92. The van der Waals surface area contributed by atoms with Crippen LogP contribution in [0.1, 0.15) is 56.1 Å². The molecule has 2 N–H and O–H groups in total. The summed E-state index contributed by atoms with van der Waals surface area (Å²) in [5, 5.41) is 10.5. The molecule has 4 rings (SSSR count). The van der Waals surface area contributed by atoms with Crippen molar-refractivity contribution in [3.63, 3.8) is 0 Å². The summed E-state index contributed by atoms with van der Waals surface area (Å²) in [5.41, 5.74) is 1.29. The van der Waals surface area contributed by atoms with Gasteiger partial charge in [0.2, 0.25) is 0 Å². The highest BCUT2D eigenvalue weighted by Gasteiger charge is 2.54. The van der Waals surface area contributed by atoms with Crippen molar-refractivity contribution in [1.29, 1.82) is 0 Å². The van der Waals surface area contributed by atoms with E-state index in [1.54, 1.807) is 4.72 Å². The van der Waals surface area contributed by atoms with E-state index in [0.717, 1.165) is 43.2 Å². The predicted molar refractivity (Wildman–Crippen MR) is 102 cm³/mol. The first-order valence-electron chi connectivity index (χ1n) is 10.2. The van der Waals surface area contributed by atoms with Crippen molar-refractivity contribution in [2.75, 3.05) is 11.3 Å². The molecule has 0 aromatic heterocycles. The molecule has 0 radical (unpaired) electrons. The van der Waals surface area contributed by atoms with E-state index in [-0.39, 0.29) is 28.9 Å². The second-order valence-corrected chi connectivity index (χ2v) is 10.2. The number of anilines is 1. The number of aliphatic hydroxyl groups excluding tert-OH is 1. The second kappa shape index (κ2) is 7.27. The number of halogens is 3. The number of aliphatic hydroxyl groups is 1. The van der Waals surface area contributed by atoms with Crippen molar-refractivity contribution < 1.29 is 36.0 Å². The molecule has 5 atom stereocenters. The molecule has 0 heterocycles. The lowest BCUT2D eigenvalue weighted by Gasteiger charge is -2.50. The van der Waals surface area contributed by atoms with Gasteiger partial charge in [0.25, 0.3) is 0 Å². The summed E-state index contributed by atoms with van der Waals surface area (Å²) in [6.45, 7) is 0.547. The standard InChI is InChI=1S/C20H26F3NO5S/c1-19-7-6-12-13(15(19)4-5-18(19)25)3-2-11-8-16(24-30(26,27)28)17(9-14(11)12)29-10-20(21,22)23/h8-9,12-13,15,18,24-25H,2-7,10H2,1H3,(H,26,27,28)/p-1/t12-,13+,15-,18-,19-/m0/s1. The van der Waals surface area contributed by atoms with Crippen LogP contribution in [0.3, 0.4) is 0 Å². The smallest absolute Gasteiger partial charge is 0.422 e. The number of aryl methyl sites for hydroxylation is 1. The van der Waals surface area contributed by atoms with E-state index in [1.807, 2.05) is 0 Å². The summed E-state index contributed by atoms with van der Waals surface area (Å²) in [5.74, 6) is 0.485. The molecule has 0 aliphatic heterocycles. The number of rotatable bonds is 4. The Labute approximate surface area is 173 Å².